The molecule has 1 aromatic rings. The molecule has 4 unspecified atom stereocenters. The van der Waals surface area contributed by atoms with Crippen LogP contribution in [0.3, 0.4) is 0 Å². The second-order valence-electron chi connectivity index (χ2n) is 12.5. The maximum atomic E-state index is 15.3. The van der Waals surface area contributed by atoms with Gasteiger partial charge in [0.1, 0.15) is 5.82 Å². The van der Waals surface area contributed by atoms with E-state index in [1.54, 1.807) is 0 Å². The molecular formula is C37H54FN3. The van der Waals surface area contributed by atoms with Crippen molar-refractivity contribution in [1.29, 1.82) is 0 Å². The summed E-state index contributed by atoms with van der Waals surface area (Å²) in [6, 6.07) is 7.01. The smallest absolute Gasteiger partial charge is 0.131 e. The highest BCUT2D eigenvalue weighted by molar-refractivity contribution is 5.64. The number of allylic oxidation sites excluding steroid dienone is 5. The Bertz CT molecular complexity index is 1200. The van der Waals surface area contributed by atoms with Gasteiger partial charge in [-0.3, -0.25) is 0 Å². The first kappa shape index (κ1) is 31.3. The van der Waals surface area contributed by atoms with Crippen molar-refractivity contribution in [3.05, 3.63) is 94.3 Å². The topological polar surface area (TPSA) is 27.3 Å². The Morgan fingerprint density at radius 1 is 1.10 bits per heavy atom. The third-order valence-electron chi connectivity index (χ3n) is 9.50. The van der Waals surface area contributed by atoms with E-state index < -0.39 is 0 Å². The van der Waals surface area contributed by atoms with E-state index in [1.165, 1.54) is 41.0 Å². The van der Waals surface area contributed by atoms with Gasteiger partial charge in [0, 0.05) is 52.9 Å². The van der Waals surface area contributed by atoms with Crippen LogP contribution in [0.25, 0.3) is 0 Å². The molecule has 4 rings (SSSR count). The molecule has 2 fully saturated rings. The maximum absolute atomic E-state index is 15.3. The molecule has 3 nitrogen and oxygen atoms in total. The molecule has 1 saturated heterocycles. The molecule has 2 aliphatic heterocycles. The number of rotatable bonds is 15. The average molecular weight is 560 g/mol. The van der Waals surface area contributed by atoms with Gasteiger partial charge in [-0.25, -0.2) is 4.39 Å². The zero-order chi connectivity index (χ0) is 29.7. The Kier molecular flexibility index (Phi) is 10.7. The van der Waals surface area contributed by atoms with Crippen molar-refractivity contribution < 1.29 is 4.39 Å². The Hall–Kier alpha value is -2.59. The van der Waals surface area contributed by atoms with E-state index in [4.69, 9.17) is 0 Å². The highest BCUT2D eigenvalue weighted by Gasteiger charge is 2.45. The predicted molar refractivity (Wildman–Crippen MR) is 173 cm³/mol. The van der Waals surface area contributed by atoms with Crippen molar-refractivity contribution in [2.24, 2.45) is 11.8 Å². The molecule has 41 heavy (non-hydrogen) atoms. The van der Waals surface area contributed by atoms with Crippen LogP contribution in [0.2, 0.25) is 0 Å². The fourth-order valence-corrected chi connectivity index (χ4v) is 6.84. The number of hydrogen-bond donors (Lipinski definition) is 2. The lowest BCUT2D eigenvalue weighted by Crippen LogP contribution is -2.52. The summed E-state index contributed by atoms with van der Waals surface area (Å²) >= 11 is 0. The summed E-state index contributed by atoms with van der Waals surface area (Å²) in [7, 11) is 0. The lowest BCUT2D eigenvalue weighted by molar-refractivity contribution is 0.207. The molecule has 0 amide bonds. The summed E-state index contributed by atoms with van der Waals surface area (Å²) in [4.78, 5) is 2.64. The van der Waals surface area contributed by atoms with Crippen molar-refractivity contribution >= 4 is 0 Å². The molecule has 1 saturated carbocycles. The first-order valence-corrected chi connectivity index (χ1v) is 16.4. The third kappa shape index (κ3) is 6.58. The van der Waals surface area contributed by atoms with Gasteiger partial charge >= 0.3 is 0 Å². The maximum Gasteiger partial charge on any atom is 0.131 e. The van der Waals surface area contributed by atoms with Gasteiger partial charge in [-0.2, -0.15) is 0 Å². The molecule has 3 aliphatic rings. The van der Waals surface area contributed by atoms with Gasteiger partial charge in [-0.15, -0.1) is 0 Å². The number of fused-ring (bicyclic) bond motifs is 1. The molecule has 4 heteroatoms. The summed E-state index contributed by atoms with van der Waals surface area (Å²) in [5.41, 5.74) is 9.07. The first-order valence-electron chi connectivity index (χ1n) is 16.4. The number of benzene rings is 1. The van der Waals surface area contributed by atoms with Crippen LogP contribution < -0.4 is 10.6 Å². The monoisotopic (exact) mass is 559 g/mol. The minimum absolute atomic E-state index is 0.0807. The van der Waals surface area contributed by atoms with E-state index in [2.05, 4.69) is 82.4 Å². The molecule has 0 aromatic heterocycles. The van der Waals surface area contributed by atoms with Crippen LogP contribution in [0.4, 0.5) is 4.39 Å². The van der Waals surface area contributed by atoms with Crippen molar-refractivity contribution in [2.75, 3.05) is 0 Å². The SMILES string of the molecule is C=CC1=C(C2CC2)/C(=C/CC)C(C(=C)NCc2cccc(CCC)c2F)=C2CCC(C(NC(C)CC)C(C)CC)N12. The van der Waals surface area contributed by atoms with Crippen LogP contribution >= 0.6 is 0 Å². The van der Waals surface area contributed by atoms with Gasteiger partial charge in [-0.05, 0) is 86.5 Å². The fourth-order valence-electron chi connectivity index (χ4n) is 6.84. The van der Waals surface area contributed by atoms with Gasteiger partial charge in [-0.1, -0.05) is 84.9 Å². The van der Waals surface area contributed by atoms with E-state index >= 15 is 4.39 Å². The van der Waals surface area contributed by atoms with E-state index in [0.717, 1.165) is 56.2 Å². The summed E-state index contributed by atoms with van der Waals surface area (Å²) in [6.45, 7) is 23.0. The summed E-state index contributed by atoms with van der Waals surface area (Å²) < 4.78 is 15.3. The number of nitrogens with one attached hydrogen (secondary N) is 2. The van der Waals surface area contributed by atoms with Gasteiger partial charge < -0.3 is 15.5 Å². The standard InChI is InChI=1S/C37H54FN3/c1-9-15-28-17-14-18-29(36(28)38)23-39-26(8)34-30(16-10-2)35(27-19-20-27)31(13-5)41-32(34)21-22-33(41)37(24(6)11-3)40-25(7)12-4/h13-14,16-18,24-25,27,33,37,39-40H,5,8-12,15,19-23H2,1-4,6-7H3/b30-16+. The number of hydrogen-bond acceptors (Lipinski definition) is 3. The Balaban J connectivity index is 1.76. The molecule has 1 aromatic carbocycles. The minimum atomic E-state index is -0.0807. The molecule has 0 spiro atoms. The molecule has 2 N–H and O–H groups in total. The quantitative estimate of drug-likeness (QED) is 0.224. The lowest BCUT2D eigenvalue weighted by Gasteiger charge is -2.43. The third-order valence-corrected chi connectivity index (χ3v) is 9.50. The van der Waals surface area contributed by atoms with Crippen molar-refractivity contribution in [3.8, 4) is 0 Å². The van der Waals surface area contributed by atoms with Crippen LogP contribution in [0.15, 0.2) is 77.3 Å². The van der Waals surface area contributed by atoms with Gasteiger partial charge in [0.05, 0.1) is 0 Å². The number of nitrogens with zero attached hydrogens (tertiary/aromatic N) is 1. The average Bonchev–Trinajstić information content (AvgIpc) is 3.73. The fraction of sp³-hybridized carbons (Fsp3) is 0.568. The Morgan fingerprint density at radius 3 is 2.44 bits per heavy atom. The molecular weight excluding hydrogens is 505 g/mol. The predicted octanol–water partition coefficient (Wildman–Crippen LogP) is 9.10. The number of aryl methyl sites for hydroxylation is 1. The first-order chi connectivity index (χ1) is 19.8. The van der Waals surface area contributed by atoms with Crippen LogP contribution in [-0.4, -0.2) is 23.0 Å². The van der Waals surface area contributed by atoms with Crippen LogP contribution in [-0.2, 0) is 13.0 Å². The zero-order valence-electron chi connectivity index (χ0n) is 26.6. The van der Waals surface area contributed by atoms with Crippen molar-refractivity contribution in [1.82, 2.24) is 15.5 Å². The second kappa shape index (κ2) is 14.1. The normalized spacial score (nSPS) is 22.2. The summed E-state index contributed by atoms with van der Waals surface area (Å²) in [6.07, 6.45) is 14.0. The molecule has 1 aliphatic carbocycles. The summed E-state index contributed by atoms with van der Waals surface area (Å²) in [5, 5.41) is 7.62. The molecule has 0 radical (unpaired) electrons. The molecule has 224 valence electrons. The van der Waals surface area contributed by atoms with Crippen molar-refractivity contribution in [3.63, 3.8) is 0 Å². The van der Waals surface area contributed by atoms with Crippen LogP contribution in [0.1, 0.15) is 104 Å². The van der Waals surface area contributed by atoms with E-state index in [-0.39, 0.29) is 5.82 Å². The Labute approximate surface area is 249 Å². The van der Waals surface area contributed by atoms with Gasteiger partial charge in [0.2, 0.25) is 0 Å². The highest BCUT2D eigenvalue weighted by atomic mass is 19.1. The zero-order valence-corrected chi connectivity index (χ0v) is 26.6. The van der Waals surface area contributed by atoms with Crippen molar-refractivity contribution in [2.45, 2.75) is 124 Å². The minimum Gasteiger partial charge on any atom is -0.381 e. The number of halogens is 1. The lowest BCUT2D eigenvalue weighted by atomic mass is 9.84. The van der Waals surface area contributed by atoms with Gasteiger partial charge in [0.15, 0.2) is 0 Å². The molecule has 0 bridgehead atoms. The van der Waals surface area contributed by atoms with E-state index in [9.17, 15) is 0 Å². The van der Waals surface area contributed by atoms with E-state index in [0.29, 0.717) is 42.1 Å². The largest absolute Gasteiger partial charge is 0.381 e. The highest BCUT2D eigenvalue weighted by Crippen LogP contribution is 2.53. The van der Waals surface area contributed by atoms with Crippen LogP contribution in [0, 0.1) is 17.7 Å². The second-order valence-corrected chi connectivity index (χ2v) is 12.5. The van der Waals surface area contributed by atoms with Gasteiger partial charge in [0.25, 0.3) is 0 Å². The van der Waals surface area contributed by atoms with E-state index in [1.807, 2.05) is 18.2 Å². The molecule has 4 atom stereocenters. The molecule has 2 heterocycles. The Morgan fingerprint density at radius 2 is 1.83 bits per heavy atom. The van der Waals surface area contributed by atoms with Crippen LogP contribution in [0.5, 0.6) is 0 Å². The summed E-state index contributed by atoms with van der Waals surface area (Å²) in [5.74, 6) is 1.04.